The molecule has 29 heavy (non-hydrogen) atoms. The summed E-state index contributed by atoms with van der Waals surface area (Å²) in [5, 5.41) is 4.90. The van der Waals surface area contributed by atoms with Crippen molar-refractivity contribution in [3.8, 4) is 0 Å². The minimum atomic E-state index is -1.70. The lowest BCUT2D eigenvalue weighted by Crippen LogP contribution is -2.18. The molecule has 3 rings (SSSR count). The first-order valence-electron chi connectivity index (χ1n) is 8.56. The normalized spacial score (nSPS) is 10.5. The van der Waals surface area contributed by atoms with Crippen LogP contribution in [0.1, 0.15) is 32.0 Å². The summed E-state index contributed by atoms with van der Waals surface area (Å²) < 4.78 is 40.1. The third kappa shape index (κ3) is 4.26. The lowest BCUT2D eigenvalue weighted by Gasteiger charge is -2.12. The van der Waals surface area contributed by atoms with Crippen molar-refractivity contribution in [3.63, 3.8) is 0 Å². The van der Waals surface area contributed by atoms with Crippen molar-refractivity contribution in [2.45, 2.75) is 13.8 Å². The minimum absolute atomic E-state index is 0.151. The van der Waals surface area contributed by atoms with E-state index in [9.17, 15) is 22.8 Å². The number of carbonyl (C=O) groups is 2. The summed E-state index contributed by atoms with van der Waals surface area (Å²) in [5.74, 6) is -5.93. The molecule has 0 aliphatic heterocycles. The number of anilines is 2. The van der Waals surface area contributed by atoms with E-state index in [2.05, 4.69) is 15.6 Å². The number of rotatable bonds is 4. The van der Waals surface area contributed by atoms with Crippen LogP contribution in [0.4, 0.5) is 24.5 Å². The van der Waals surface area contributed by atoms with Crippen molar-refractivity contribution in [2.24, 2.45) is 0 Å². The second-order valence-electron chi connectivity index (χ2n) is 6.33. The highest BCUT2D eigenvalue weighted by atomic mass is 19.2. The Kier molecular flexibility index (Phi) is 5.63. The Morgan fingerprint density at radius 3 is 2.24 bits per heavy atom. The van der Waals surface area contributed by atoms with Crippen LogP contribution in [0.3, 0.4) is 0 Å². The van der Waals surface area contributed by atoms with Crippen molar-refractivity contribution in [1.29, 1.82) is 0 Å². The van der Waals surface area contributed by atoms with Crippen molar-refractivity contribution < 1.29 is 22.8 Å². The third-order valence-corrected chi connectivity index (χ3v) is 4.26. The van der Waals surface area contributed by atoms with E-state index in [4.69, 9.17) is 0 Å². The van der Waals surface area contributed by atoms with Crippen molar-refractivity contribution in [2.75, 3.05) is 10.6 Å². The molecule has 1 heterocycles. The Balaban J connectivity index is 1.81. The standard InChI is InChI=1S/C21H16F3N3O2/c1-11-4-3-5-12(2)19(11)27-20(28)13-8-9-25-16(10-13)21(29)26-15-7-6-14(22)17(23)18(15)24/h3-10H,1-2H3,(H,26,29)(H,27,28). The lowest BCUT2D eigenvalue weighted by atomic mass is 10.1. The van der Waals surface area contributed by atoms with Gasteiger partial charge in [-0.15, -0.1) is 0 Å². The predicted octanol–water partition coefficient (Wildman–Crippen LogP) is 4.62. The van der Waals surface area contributed by atoms with Gasteiger partial charge in [-0.1, -0.05) is 18.2 Å². The molecule has 2 N–H and O–H groups in total. The number of pyridine rings is 1. The molecule has 0 saturated heterocycles. The lowest BCUT2D eigenvalue weighted by molar-refractivity contribution is 0.102. The van der Waals surface area contributed by atoms with Crippen LogP contribution in [0.2, 0.25) is 0 Å². The molecular formula is C21H16F3N3O2. The first-order chi connectivity index (χ1) is 13.8. The first kappa shape index (κ1) is 20.1. The van der Waals surface area contributed by atoms with E-state index < -0.39 is 35.0 Å². The number of hydrogen-bond donors (Lipinski definition) is 2. The summed E-state index contributed by atoms with van der Waals surface area (Å²) in [6, 6.07) is 9.79. The van der Waals surface area contributed by atoms with Gasteiger partial charge in [-0.25, -0.2) is 13.2 Å². The van der Waals surface area contributed by atoms with E-state index in [1.165, 1.54) is 18.3 Å². The number of nitrogens with zero attached hydrogens (tertiary/aromatic N) is 1. The van der Waals surface area contributed by atoms with Crippen LogP contribution in [0.25, 0.3) is 0 Å². The smallest absolute Gasteiger partial charge is 0.274 e. The van der Waals surface area contributed by atoms with Crippen molar-refractivity contribution in [1.82, 2.24) is 4.98 Å². The van der Waals surface area contributed by atoms with Gasteiger partial charge in [0.05, 0.1) is 5.69 Å². The maximum atomic E-state index is 13.7. The zero-order valence-corrected chi connectivity index (χ0v) is 15.5. The molecule has 0 unspecified atom stereocenters. The fourth-order valence-electron chi connectivity index (χ4n) is 2.70. The number of carbonyl (C=O) groups excluding carboxylic acids is 2. The fraction of sp³-hybridized carbons (Fsp3) is 0.0952. The topological polar surface area (TPSA) is 71.1 Å². The summed E-state index contributed by atoms with van der Waals surface area (Å²) in [6.07, 6.45) is 1.25. The molecule has 3 aromatic rings. The van der Waals surface area contributed by atoms with Gasteiger partial charge >= 0.3 is 0 Å². The molecule has 0 aliphatic rings. The zero-order valence-electron chi connectivity index (χ0n) is 15.5. The van der Waals surface area contributed by atoms with E-state index in [1.54, 1.807) is 0 Å². The summed E-state index contributed by atoms with van der Waals surface area (Å²) in [7, 11) is 0. The quantitative estimate of drug-likeness (QED) is 0.629. The van der Waals surface area contributed by atoms with Crippen LogP contribution >= 0.6 is 0 Å². The van der Waals surface area contributed by atoms with E-state index in [1.807, 2.05) is 32.0 Å². The Bertz CT molecular complexity index is 1100. The third-order valence-electron chi connectivity index (χ3n) is 4.26. The van der Waals surface area contributed by atoms with Crippen LogP contribution in [0.5, 0.6) is 0 Å². The van der Waals surface area contributed by atoms with E-state index in [0.29, 0.717) is 11.8 Å². The van der Waals surface area contributed by atoms with Gasteiger partial charge < -0.3 is 10.6 Å². The maximum Gasteiger partial charge on any atom is 0.274 e. The summed E-state index contributed by atoms with van der Waals surface area (Å²) in [4.78, 5) is 28.7. The zero-order chi connectivity index (χ0) is 21.1. The average Bonchev–Trinajstić information content (AvgIpc) is 2.71. The highest BCUT2D eigenvalue weighted by molar-refractivity contribution is 6.08. The number of nitrogens with one attached hydrogen (secondary N) is 2. The van der Waals surface area contributed by atoms with Gasteiger partial charge in [0.25, 0.3) is 11.8 Å². The van der Waals surface area contributed by atoms with E-state index >= 15 is 0 Å². The molecule has 8 heteroatoms. The number of aromatic nitrogens is 1. The predicted molar refractivity (Wildman–Crippen MR) is 102 cm³/mol. The molecular weight excluding hydrogens is 383 g/mol. The molecule has 2 amide bonds. The molecule has 2 aromatic carbocycles. The largest absolute Gasteiger partial charge is 0.322 e. The molecule has 0 atom stereocenters. The Hall–Kier alpha value is -3.68. The van der Waals surface area contributed by atoms with Gasteiger partial charge in [-0.2, -0.15) is 0 Å². The van der Waals surface area contributed by atoms with Crippen LogP contribution < -0.4 is 10.6 Å². The Labute approximate surface area is 164 Å². The van der Waals surface area contributed by atoms with Gasteiger partial charge in [0.2, 0.25) is 0 Å². The second kappa shape index (κ2) is 8.14. The Morgan fingerprint density at radius 2 is 1.55 bits per heavy atom. The maximum absolute atomic E-state index is 13.7. The van der Waals surface area contributed by atoms with Crippen LogP contribution in [-0.4, -0.2) is 16.8 Å². The summed E-state index contributed by atoms with van der Waals surface area (Å²) in [5.41, 5.74) is 1.82. The molecule has 0 spiro atoms. The van der Waals surface area contributed by atoms with Gasteiger partial charge in [0.1, 0.15) is 5.69 Å². The minimum Gasteiger partial charge on any atom is -0.322 e. The van der Waals surface area contributed by atoms with Crippen molar-refractivity contribution in [3.05, 3.63) is 88.5 Å². The van der Waals surface area contributed by atoms with Gasteiger partial charge in [0.15, 0.2) is 17.5 Å². The van der Waals surface area contributed by atoms with E-state index in [0.717, 1.165) is 17.2 Å². The molecule has 0 fully saturated rings. The average molecular weight is 399 g/mol. The first-order valence-corrected chi connectivity index (χ1v) is 8.56. The van der Waals surface area contributed by atoms with Crippen LogP contribution in [-0.2, 0) is 0 Å². The number of halogens is 3. The van der Waals surface area contributed by atoms with Gasteiger partial charge in [-0.3, -0.25) is 14.6 Å². The van der Waals surface area contributed by atoms with Gasteiger partial charge in [-0.05, 0) is 49.2 Å². The summed E-state index contributed by atoms with van der Waals surface area (Å²) in [6.45, 7) is 3.70. The number of hydrogen-bond acceptors (Lipinski definition) is 3. The summed E-state index contributed by atoms with van der Waals surface area (Å²) >= 11 is 0. The second-order valence-corrected chi connectivity index (χ2v) is 6.33. The van der Waals surface area contributed by atoms with Crippen molar-refractivity contribution >= 4 is 23.2 Å². The Morgan fingerprint density at radius 1 is 0.862 bits per heavy atom. The molecule has 0 bridgehead atoms. The van der Waals surface area contributed by atoms with E-state index in [-0.39, 0.29) is 11.3 Å². The molecule has 0 saturated carbocycles. The number of amides is 2. The van der Waals surface area contributed by atoms with Gasteiger partial charge in [0, 0.05) is 17.4 Å². The highest BCUT2D eigenvalue weighted by Crippen LogP contribution is 2.22. The molecule has 148 valence electrons. The SMILES string of the molecule is Cc1cccc(C)c1NC(=O)c1ccnc(C(=O)Nc2ccc(F)c(F)c2F)c1. The monoisotopic (exact) mass is 399 g/mol. The van der Waals surface area contributed by atoms with Crippen LogP contribution in [0, 0.1) is 31.3 Å². The highest BCUT2D eigenvalue weighted by Gasteiger charge is 2.18. The fourth-order valence-corrected chi connectivity index (χ4v) is 2.70. The molecule has 1 aromatic heterocycles. The molecule has 0 radical (unpaired) electrons. The van der Waals surface area contributed by atoms with Crippen LogP contribution in [0.15, 0.2) is 48.7 Å². The molecule has 5 nitrogen and oxygen atoms in total. The number of aryl methyl sites for hydroxylation is 2. The molecule has 0 aliphatic carbocycles. The number of para-hydroxylation sites is 1. The number of benzene rings is 2.